The molecule has 0 amide bonds. The number of carbonyl (C=O) groups is 1. The van der Waals surface area contributed by atoms with E-state index in [-0.39, 0.29) is 12.5 Å². The fourth-order valence-electron chi connectivity index (χ4n) is 0.927. The van der Waals surface area contributed by atoms with Crippen LogP contribution in [-0.2, 0) is 9.53 Å². The predicted octanol–water partition coefficient (Wildman–Crippen LogP) is 1.08. The number of ether oxygens (including phenoxy) is 1. The van der Waals surface area contributed by atoms with E-state index in [2.05, 4.69) is 15.6 Å². The number of nitrogens with one attached hydrogen (secondary N) is 2. The summed E-state index contributed by atoms with van der Waals surface area (Å²) >= 11 is 0. The van der Waals surface area contributed by atoms with Crippen molar-refractivity contribution in [3.63, 3.8) is 0 Å². The van der Waals surface area contributed by atoms with Gasteiger partial charge < -0.3 is 10.2 Å². The third-order valence-electron chi connectivity index (χ3n) is 1.74. The highest BCUT2D eigenvalue weighted by Crippen LogP contribution is 2.06. The van der Waals surface area contributed by atoms with Gasteiger partial charge in [-0.25, -0.2) is 5.43 Å². The molecule has 0 spiro atoms. The summed E-state index contributed by atoms with van der Waals surface area (Å²) in [7, 11) is 1.36. The van der Waals surface area contributed by atoms with E-state index in [9.17, 15) is 4.79 Å². The van der Waals surface area contributed by atoms with Crippen LogP contribution in [-0.4, -0.2) is 19.6 Å². The molecule has 0 saturated heterocycles. The lowest BCUT2D eigenvalue weighted by Gasteiger charge is -2.06. The molecule has 2 N–H and O–H groups in total. The van der Waals surface area contributed by atoms with E-state index >= 15 is 0 Å². The molecule has 0 heterocycles. The molecule has 0 radical (unpaired) electrons. The first kappa shape index (κ1) is 10.5. The van der Waals surface area contributed by atoms with E-state index in [1.54, 1.807) is 0 Å². The highest BCUT2D eigenvalue weighted by Gasteiger charge is 1.97. The van der Waals surface area contributed by atoms with Gasteiger partial charge in [-0.3, -0.25) is 4.79 Å². The van der Waals surface area contributed by atoms with Crippen molar-refractivity contribution in [1.29, 1.82) is 0 Å². The van der Waals surface area contributed by atoms with Gasteiger partial charge in [0.25, 0.3) is 0 Å². The zero-order valence-corrected chi connectivity index (χ0v) is 8.33. The molecule has 0 aliphatic heterocycles. The maximum absolute atomic E-state index is 10.7. The first-order valence-electron chi connectivity index (χ1n) is 4.34. The lowest BCUT2D eigenvalue weighted by Crippen LogP contribution is -2.28. The second kappa shape index (κ2) is 5.24. The van der Waals surface area contributed by atoms with Gasteiger partial charge in [-0.2, -0.15) is 0 Å². The van der Waals surface area contributed by atoms with E-state index < -0.39 is 0 Å². The molecule has 0 unspecified atom stereocenters. The summed E-state index contributed by atoms with van der Waals surface area (Å²) in [5.41, 5.74) is 7.75. The van der Waals surface area contributed by atoms with Gasteiger partial charge in [0.15, 0.2) is 0 Å². The maximum atomic E-state index is 10.7. The summed E-state index contributed by atoms with van der Waals surface area (Å²) in [6, 6.07) is 7.84. The largest absolute Gasteiger partial charge is 0.468 e. The maximum Gasteiger partial charge on any atom is 0.321 e. The van der Waals surface area contributed by atoms with Crippen molar-refractivity contribution in [2.75, 3.05) is 19.1 Å². The van der Waals surface area contributed by atoms with Gasteiger partial charge in [0.05, 0.1) is 7.11 Å². The zero-order valence-electron chi connectivity index (χ0n) is 8.33. The summed E-state index contributed by atoms with van der Waals surface area (Å²) in [6.45, 7) is 2.16. The van der Waals surface area contributed by atoms with Crippen LogP contribution in [0.1, 0.15) is 5.56 Å². The molecule has 0 bridgehead atoms. The highest BCUT2D eigenvalue weighted by atomic mass is 16.5. The van der Waals surface area contributed by atoms with Crippen molar-refractivity contribution >= 4 is 11.7 Å². The molecule has 0 saturated carbocycles. The molecule has 0 fully saturated rings. The molecule has 0 aromatic heterocycles. The number of hydrazine groups is 1. The number of benzene rings is 1. The van der Waals surface area contributed by atoms with E-state index in [0.717, 1.165) is 5.69 Å². The minimum absolute atomic E-state index is 0.143. The highest BCUT2D eigenvalue weighted by molar-refractivity contribution is 5.71. The molecule has 1 rings (SSSR count). The standard InChI is InChI=1S/C10H14N2O2/c1-8-3-5-9(6-4-8)12-11-7-10(13)14-2/h3-6,11-12H,7H2,1-2H3. The normalized spacial score (nSPS) is 9.57. The second-order valence-corrected chi connectivity index (χ2v) is 2.92. The first-order chi connectivity index (χ1) is 6.72. The number of anilines is 1. The molecular formula is C10H14N2O2. The van der Waals surface area contributed by atoms with Gasteiger partial charge >= 0.3 is 5.97 Å². The van der Waals surface area contributed by atoms with Crippen molar-refractivity contribution in [3.05, 3.63) is 29.8 Å². The number of aryl methyl sites for hydroxylation is 1. The van der Waals surface area contributed by atoms with Crippen LogP contribution in [0.2, 0.25) is 0 Å². The number of methoxy groups -OCH3 is 1. The van der Waals surface area contributed by atoms with Crippen LogP contribution in [0.4, 0.5) is 5.69 Å². The van der Waals surface area contributed by atoms with Crippen LogP contribution in [0.15, 0.2) is 24.3 Å². The van der Waals surface area contributed by atoms with Gasteiger partial charge in [0, 0.05) is 5.69 Å². The van der Waals surface area contributed by atoms with E-state index in [1.807, 2.05) is 31.2 Å². The minimum atomic E-state index is -0.301. The Balaban J connectivity index is 2.31. The number of esters is 1. The third-order valence-corrected chi connectivity index (χ3v) is 1.74. The van der Waals surface area contributed by atoms with Crippen LogP contribution in [0.3, 0.4) is 0 Å². The van der Waals surface area contributed by atoms with Gasteiger partial charge in [-0.15, -0.1) is 0 Å². The lowest BCUT2D eigenvalue weighted by molar-refractivity contribution is -0.139. The van der Waals surface area contributed by atoms with Gasteiger partial charge in [-0.05, 0) is 19.1 Å². The smallest absolute Gasteiger partial charge is 0.321 e. The average Bonchev–Trinajstić information content (AvgIpc) is 2.21. The quantitative estimate of drug-likeness (QED) is 0.556. The van der Waals surface area contributed by atoms with E-state index in [0.29, 0.717) is 0 Å². The van der Waals surface area contributed by atoms with Crippen molar-refractivity contribution in [3.8, 4) is 0 Å². The van der Waals surface area contributed by atoms with Crippen LogP contribution >= 0.6 is 0 Å². The topological polar surface area (TPSA) is 50.4 Å². The second-order valence-electron chi connectivity index (χ2n) is 2.92. The molecule has 76 valence electrons. The van der Waals surface area contributed by atoms with Crippen molar-refractivity contribution in [2.24, 2.45) is 0 Å². The van der Waals surface area contributed by atoms with Crippen molar-refractivity contribution in [2.45, 2.75) is 6.92 Å². The molecule has 14 heavy (non-hydrogen) atoms. The van der Waals surface area contributed by atoms with Crippen molar-refractivity contribution in [1.82, 2.24) is 5.43 Å². The zero-order chi connectivity index (χ0) is 10.4. The Morgan fingerprint density at radius 3 is 2.57 bits per heavy atom. The molecule has 1 aromatic rings. The molecule has 4 nitrogen and oxygen atoms in total. The molecular weight excluding hydrogens is 180 g/mol. The van der Waals surface area contributed by atoms with Crippen LogP contribution < -0.4 is 10.9 Å². The Labute approximate surface area is 83.2 Å². The van der Waals surface area contributed by atoms with Crippen LogP contribution in [0, 0.1) is 6.92 Å². The molecule has 4 heteroatoms. The lowest BCUT2D eigenvalue weighted by atomic mass is 10.2. The Hall–Kier alpha value is -1.55. The summed E-state index contributed by atoms with van der Waals surface area (Å²) in [6.07, 6.45) is 0. The molecule has 1 aromatic carbocycles. The first-order valence-corrected chi connectivity index (χ1v) is 4.34. The van der Waals surface area contributed by atoms with Gasteiger partial charge in [0.2, 0.25) is 0 Å². The Morgan fingerprint density at radius 1 is 1.36 bits per heavy atom. The third kappa shape index (κ3) is 3.45. The summed E-state index contributed by atoms with van der Waals surface area (Å²) < 4.78 is 4.47. The SMILES string of the molecule is COC(=O)CNNc1ccc(C)cc1. The van der Waals surface area contributed by atoms with Crippen LogP contribution in [0.25, 0.3) is 0 Å². The molecule has 0 atom stereocenters. The number of carbonyl (C=O) groups excluding carboxylic acids is 1. The van der Waals surface area contributed by atoms with Gasteiger partial charge in [0.1, 0.15) is 6.54 Å². The summed E-state index contributed by atoms with van der Waals surface area (Å²) in [5, 5.41) is 0. The van der Waals surface area contributed by atoms with Gasteiger partial charge in [-0.1, -0.05) is 17.7 Å². The Morgan fingerprint density at radius 2 is 2.00 bits per heavy atom. The summed E-state index contributed by atoms with van der Waals surface area (Å²) in [5.74, 6) is -0.301. The molecule has 0 aliphatic rings. The monoisotopic (exact) mass is 194 g/mol. The van der Waals surface area contributed by atoms with Crippen LogP contribution in [0.5, 0.6) is 0 Å². The predicted molar refractivity (Wildman–Crippen MR) is 54.8 cm³/mol. The Bertz CT molecular complexity index is 295. The summed E-state index contributed by atoms with van der Waals surface area (Å²) in [4.78, 5) is 10.7. The number of rotatable bonds is 4. The van der Waals surface area contributed by atoms with Crippen molar-refractivity contribution < 1.29 is 9.53 Å². The molecule has 0 aliphatic carbocycles. The average molecular weight is 194 g/mol. The van der Waals surface area contributed by atoms with E-state index in [4.69, 9.17) is 0 Å². The fourth-order valence-corrected chi connectivity index (χ4v) is 0.927. The number of hydrogen-bond donors (Lipinski definition) is 2. The number of hydrogen-bond acceptors (Lipinski definition) is 4. The minimum Gasteiger partial charge on any atom is -0.468 e. The Kier molecular flexibility index (Phi) is 3.94. The van der Waals surface area contributed by atoms with E-state index in [1.165, 1.54) is 12.7 Å². The fraction of sp³-hybridized carbons (Fsp3) is 0.300.